The summed E-state index contributed by atoms with van der Waals surface area (Å²) >= 11 is 0. The van der Waals surface area contributed by atoms with E-state index < -0.39 is 10.0 Å². The third-order valence-corrected chi connectivity index (χ3v) is 3.52. The van der Waals surface area contributed by atoms with Crippen LogP contribution in [0.25, 0.3) is 0 Å². The molecule has 2 rings (SSSR count). The zero-order valence-electron chi connectivity index (χ0n) is 9.66. The number of sulfonamides is 1. The van der Waals surface area contributed by atoms with Gasteiger partial charge in [0.2, 0.25) is 5.95 Å². The molecule has 0 aliphatic rings. The maximum atomic E-state index is 12.0. The predicted octanol–water partition coefficient (Wildman–Crippen LogP) is 1.32. The number of rotatable bonds is 4. The van der Waals surface area contributed by atoms with E-state index in [1.807, 2.05) is 6.07 Å². The minimum absolute atomic E-state index is 0.0188. The topological polar surface area (TPSA) is 84.0 Å². The molecule has 94 valence electrons. The van der Waals surface area contributed by atoms with Crippen molar-refractivity contribution in [2.24, 2.45) is 0 Å². The maximum Gasteiger partial charge on any atom is 0.264 e. The van der Waals surface area contributed by atoms with E-state index in [-0.39, 0.29) is 4.90 Å². The number of para-hydroxylation sites is 1. The number of hydrogen-bond acceptors (Lipinski definition) is 5. The van der Waals surface area contributed by atoms with E-state index in [1.165, 1.54) is 12.4 Å². The monoisotopic (exact) mass is 264 g/mol. The van der Waals surface area contributed by atoms with Crippen molar-refractivity contribution in [3.05, 3.63) is 42.7 Å². The van der Waals surface area contributed by atoms with Gasteiger partial charge in [0.05, 0.1) is 12.4 Å². The van der Waals surface area contributed by atoms with Gasteiger partial charge in [-0.1, -0.05) is 18.2 Å². The molecule has 0 unspecified atom stereocenters. The van der Waals surface area contributed by atoms with Crippen molar-refractivity contribution in [3.63, 3.8) is 0 Å². The van der Waals surface area contributed by atoms with Crippen LogP contribution < -0.4 is 10.0 Å². The van der Waals surface area contributed by atoms with Crippen LogP contribution in [0.3, 0.4) is 0 Å². The van der Waals surface area contributed by atoms with Crippen LogP contribution in [-0.4, -0.2) is 25.4 Å². The second-order valence-electron chi connectivity index (χ2n) is 3.46. The molecule has 6 nitrogen and oxygen atoms in total. The van der Waals surface area contributed by atoms with Crippen molar-refractivity contribution in [2.75, 3.05) is 17.1 Å². The average molecular weight is 264 g/mol. The SMILES string of the molecule is CNc1ncc(S(=O)(=O)Nc2ccccc2)cn1. The summed E-state index contributed by atoms with van der Waals surface area (Å²) in [5.74, 6) is 0.369. The van der Waals surface area contributed by atoms with Crippen LogP contribution in [0.1, 0.15) is 0 Å². The molecular formula is C11H12N4O2S. The van der Waals surface area contributed by atoms with Crippen molar-refractivity contribution in [3.8, 4) is 0 Å². The van der Waals surface area contributed by atoms with Crippen LogP contribution in [0.2, 0.25) is 0 Å². The first-order chi connectivity index (χ1) is 8.62. The van der Waals surface area contributed by atoms with Gasteiger partial charge in [-0.25, -0.2) is 18.4 Å². The van der Waals surface area contributed by atoms with Crippen LogP contribution in [-0.2, 0) is 10.0 Å². The molecule has 1 aromatic heterocycles. The lowest BCUT2D eigenvalue weighted by Crippen LogP contribution is -2.13. The fourth-order valence-electron chi connectivity index (χ4n) is 1.30. The van der Waals surface area contributed by atoms with Crippen molar-refractivity contribution in [2.45, 2.75) is 4.90 Å². The van der Waals surface area contributed by atoms with Crippen LogP contribution in [0, 0.1) is 0 Å². The molecule has 7 heteroatoms. The Hall–Kier alpha value is -2.15. The van der Waals surface area contributed by atoms with Gasteiger partial charge in [-0.3, -0.25) is 4.72 Å². The van der Waals surface area contributed by atoms with Crippen molar-refractivity contribution >= 4 is 21.7 Å². The number of nitrogens with zero attached hydrogens (tertiary/aromatic N) is 2. The minimum atomic E-state index is -3.64. The number of benzene rings is 1. The smallest absolute Gasteiger partial charge is 0.264 e. The molecule has 0 bridgehead atoms. The summed E-state index contributed by atoms with van der Waals surface area (Å²) in [5.41, 5.74) is 0.496. The lowest BCUT2D eigenvalue weighted by molar-refractivity contribution is 0.600. The Bertz CT molecular complexity index is 611. The molecule has 0 fully saturated rings. The highest BCUT2D eigenvalue weighted by molar-refractivity contribution is 7.92. The van der Waals surface area contributed by atoms with Crippen LogP contribution in [0.5, 0.6) is 0 Å². The van der Waals surface area contributed by atoms with E-state index in [0.717, 1.165) is 0 Å². The number of nitrogens with one attached hydrogen (secondary N) is 2. The van der Waals surface area contributed by atoms with Crippen LogP contribution >= 0.6 is 0 Å². The Morgan fingerprint density at radius 1 is 1.06 bits per heavy atom. The molecule has 0 aliphatic heterocycles. The summed E-state index contributed by atoms with van der Waals surface area (Å²) in [6.07, 6.45) is 2.51. The highest BCUT2D eigenvalue weighted by Crippen LogP contribution is 2.14. The number of hydrogen-bond donors (Lipinski definition) is 2. The molecule has 1 aromatic carbocycles. The predicted molar refractivity (Wildman–Crippen MR) is 68.8 cm³/mol. The van der Waals surface area contributed by atoms with E-state index in [0.29, 0.717) is 11.6 Å². The first-order valence-electron chi connectivity index (χ1n) is 5.19. The van der Waals surface area contributed by atoms with Gasteiger partial charge < -0.3 is 5.32 Å². The van der Waals surface area contributed by atoms with Crippen LogP contribution in [0.15, 0.2) is 47.6 Å². The maximum absolute atomic E-state index is 12.0. The Morgan fingerprint density at radius 2 is 1.67 bits per heavy atom. The molecule has 0 atom stereocenters. The first kappa shape index (κ1) is 12.3. The Kier molecular flexibility index (Phi) is 3.42. The first-order valence-corrected chi connectivity index (χ1v) is 6.68. The normalized spacial score (nSPS) is 10.9. The standard InChI is InChI=1S/C11H12N4O2S/c1-12-11-13-7-10(8-14-11)18(16,17)15-9-5-3-2-4-6-9/h2-8,15H,1H3,(H,12,13,14). The van der Waals surface area contributed by atoms with Gasteiger partial charge in [0, 0.05) is 12.7 Å². The highest BCUT2D eigenvalue weighted by atomic mass is 32.2. The third kappa shape index (κ3) is 2.75. The molecule has 0 amide bonds. The summed E-state index contributed by atoms with van der Waals surface area (Å²) in [4.78, 5) is 7.75. The largest absolute Gasteiger partial charge is 0.357 e. The molecule has 2 N–H and O–H groups in total. The molecular weight excluding hydrogens is 252 g/mol. The molecule has 1 heterocycles. The zero-order chi connectivity index (χ0) is 13.0. The summed E-state index contributed by atoms with van der Waals surface area (Å²) in [5, 5.41) is 2.72. The Labute approximate surface area is 105 Å². The summed E-state index contributed by atoms with van der Waals surface area (Å²) < 4.78 is 26.4. The molecule has 18 heavy (non-hydrogen) atoms. The van der Waals surface area contributed by atoms with Crippen molar-refractivity contribution < 1.29 is 8.42 Å². The van der Waals surface area contributed by atoms with E-state index >= 15 is 0 Å². The van der Waals surface area contributed by atoms with Gasteiger partial charge in [0.15, 0.2) is 0 Å². The fraction of sp³-hybridized carbons (Fsp3) is 0.0909. The van der Waals surface area contributed by atoms with Gasteiger partial charge >= 0.3 is 0 Å². The minimum Gasteiger partial charge on any atom is -0.357 e. The lowest BCUT2D eigenvalue weighted by Gasteiger charge is -2.07. The second-order valence-corrected chi connectivity index (χ2v) is 5.15. The fourth-order valence-corrected chi connectivity index (χ4v) is 2.25. The van der Waals surface area contributed by atoms with Gasteiger partial charge in [0.1, 0.15) is 4.90 Å². The van der Waals surface area contributed by atoms with E-state index in [4.69, 9.17) is 0 Å². The second kappa shape index (κ2) is 5.01. The third-order valence-electron chi connectivity index (χ3n) is 2.19. The molecule has 0 spiro atoms. The zero-order valence-corrected chi connectivity index (χ0v) is 10.5. The average Bonchev–Trinajstić information content (AvgIpc) is 2.39. The molecule has 0 saturated heterocycles. The Morgan fingerprint density at radius 3 is 2.22 bits per heavy atom. The molecule has 0 saturated carbocycles. The molecule has 0 radical (unpaired) electrons. The van der Waals surface area contributed by atoms with Gasteiger partial charge in [-0.05, 0) is 12.1 Å². The van der Waals surface area contributed by atoms with E-state index in [9.17, 15) is 8.42 Å². The summed E-state index contributed by atoms with van der Waals surface area (Å²) in [6.45, 7) is 0. The van der Waals surface area contributed by atoms with Gasteiger partial charge in [-0.15, -0.1) is 0 Å². The van der Waals surface area contributed by atoms with E-state index in [1.54, 1.807) is 31.3 Å². The molecule has 2 aromatic rings. The number of anilines is 2. The van der Waals surface area contributed by atoms with E-state index in [2.05, 4.69) is 20.0 Å². The highest BCUT2D eigenvalue weighted by Gasteiger charge is 2.14. The molecule has 0 aliphatic carbocycles. The summed E-state index contributed by atoms with van der Waals surface area (Å²) in [7, 11) is -1.98. The number of aromatic nitrogens is 2. The van der Waals surface area contributed by atoms with Crippen molar-refractivity contribution in [1.82, 2.24) is 9.97 Å². The Balaban J connectivity index is 2.25. The quantitative estimate of drug-likeness (QED) is 0.870. The van der Waals surface area contributed by atoms with Gasteiger partial charge in [0.25, 0.3) is 10.0 Å². The van der Waals surface area contributed by atoms with Crippen LogP contribution in [0.4, 0.5) is 11.6 Å². The summed E-state index contributed by atoms with van der Waals surface area (Å²) in [6, 6.07) is 8.64. The van der Waals surface area contributed by atoms with Gasteiger partial charge in [-0.2, -0.15) is 0 Å². The van der Waals surface area contributed by atoms with Crippen molar-refractivity contribution in [1.29, 1.82) is 0 Å². The lowest BCUT2D eigenvalue weighted by atomic mass is 10.3.